The predicted molar refractivity (Wildman–Crippen MR) is 48.2 cm³/mol. The number of hydrogen-bond donors (Lipinski definition) is 2. The number of nitrogens with one attached hydrogen (secondary N) is 1. The summed E-state index contributed by atoms with van der Waals surface area (Å²) >= 11 is 0. The van der Waals surface area contributed by atoms with Crippen LogP contribution in [-0.4, -0.2) is 21.0 Å². The minimum absolute atomic E-state index is 0. The molecule has 0 radical (unpaired) electrons. The molecule has 68 valence electrons. The Morgan fingerprint density at radius 2 is 2.29 bits per heavy atom. The normalized spacial score (nSPS) is 8.36. The Morgan fingerprint density at radius 1 is 1.64 bits per heavy atom. The van der Waals surface area contributed by atoms with E-state index in [9.17, 15) is 0 Å². The molecule has 0 atom stereocenters. The zero-order valence-electron chi connectivity index (χ0n) is 8.11. The maximum atomic E-state index is 9.00. The first kappa shape index (κ1) is 13.2. The molecule has 0 saturated carbocycles. The van der Waals surface area contributed by atoms with Crippen molar-refractivity contribution in [1.82, 2.24) is 9.97 Å². The van der Waals surface area contributed by atoms with Crippen LogP contribution in [0.5, 0.6) is 0 Å². The van der Waals surface area contributed by atoms with E-state index >= 15 is 0 Å². The third kappa shape index (κ3) is 4.41. The summed E-state index contributed by atoms with van der Waals surface area (Å²) < 4.78 is 0. The smallest absolute Gasteiger partial charge is 0.481 e. The van der Waals surface area contributed by atoms with Gasteiger partial charge in [-0.15, -0.1) is 17.6 Å². The number of hydrogen-bond acceptors (Lipinski definition) is 2. The Labute approximate surface area is 104 Å². The molecule has 5 heteroatoms. The van der Waals surface area contributed by atoms with E-state index in [0.29, 0.717) is 0 Å². The van der Waals surface area contributed by atoms with Gasteiger partial charge in [0.2, 0.25) is 0 Å². The third-order valence-corrected chi connectivity index (χ3v) is 1.26. The molecule has 0 aliphatic heterocycles. The molecule has 2 aromatic rings. The molecule has 0 amide bonds. The van der Waals surface area contributed by atoms with Crippen molar-refractivity contribution in [3.05, 3.63) is 30.6 Å². The van der Waals surface area contributed by atoms with Gasteiger partial charge in [-0.05, 0) is 5.65 Å². The second kappa shape index (κ2) is 6.59. The van der Waals surface area contributed by atoms with E-state index < -0.39 is 5.97 Å². The number of pyridine rings is 1. The van der Waals surface area contributed by atoms with Gasteiger partial charge in [-0.25, -0.2) is 0 Å². The van der Waals surface area contributed by atoms with Crippen molar-refractivity contribution in [1.29, 1.82) is 0 Å². The van der Waals surface area contributed by atoms with Gasteiger partial charge in [0.25, 0.3) is 5.97 Å². The second-order valence-electron chi connectivity index (χ2n) is 2.37. The van der Waals surface area contributed by atoms with Crippen LogP contribution in [0.15, 0.2) is 24.4 Å². The summed E-state index contributed by atoms with van der Waals surface area (Å²) in [5, 5.41) is 8.53. The van der Waals surface area contributed by atoms with Crippen LogP contribution < -0.4 is 29.6 Å². The van der Waals surface area contributed by atoms with Gasteiger partial charge in [0.05, 0.1) is 0 Å². The summed E-state index contributed by atoms with van der Waals surface area (Å²) in [5.41, 5.74) is 0.900. The van der Waals surface area contributed by atoms with Gasteiger partial charge < -0.3 is 15.1 Å². The maximum absolute atomic E-state index is 9.00. The van der Waals surface area contributed by atoms with E-state index in [0.717, 1.165) is 18.0 Å². The molecular weight excluding hydrogens is 191 g/mol. The number of H-pyrrole nitrogens is 1. The molecular formula is C9H9N2NaO2. The molecule has 0 aliphatic rings. The molecule has 2 rings (SSSR count). The summed E-state index contributed by atoms with van der Waals surface area (Å²) in [6, 6.07) is 5.78. The van der Waals surface area contributed by atoms with Crippen molar-refractivity contribution in [3.63, 3.8) is 0 Å². The molecule has 0 aliphatic carbocycles. The predicted octanol–water partition coefficient (Wildman–Crippen LogP) is -1.54. The molecule has 2 heterocycles. The van der Waals surface area contributed by atoms with Gasteiger partial charge in [-0.3, -0.25) is 4.79 Å². The number of aromatic nitrogens is 2. The summed E-state index contributed by atoms with van der Waals surface area (Å²) in [5.74, 6) is -0.833. The van der Waals surface area contributed by atoms with Gasteiger partial charge >= 0.3 is 29.6 Å². The number of carboxylic acids is 1. The fraction of sp³-hybridized carbons (Fsp3) is 0.111. The van der Waals surface area contributed by atoms with Crippen LogP contribution in [0, 0.1) is 6.20 Å². The van der Waals surface area contributed by atoms with Crippen LogP contribution >= 0.6 is 0 Å². The van der Waals surface area contributed by atoms with E-state index in [1.807, 2.05) is 18.2 Å². The molecule has 0 aromatic carbocycles. The number of nitrogens with zero attached hydrogens (tertiary/aromatic N) is 1. The fourth-order valence-electron chi connectivity index (χ4n) is 0.821. The van der Waals surface area contributed by atoms with Crippen molar-refractivity contribution in [2.75, 3.05) is 0 Å². The largest absolute Gasteiger partial charge is 1.00 e. The first-order chi connectivity index (χ1) is 6.20. The Hall–Kier alpha value is -0.840. The molecule has 2 N–H and O–H groups in total. The van der Waals surface area contributed by atoms with Gasteiger partial charge in [-0.2, -0.15) is 6.07 Å². The molecule has 14 heavy (non-hydrogen) atoms. The summed E-state index contributed by atoms with van der Waals surface area (Å²) in [7, 11) is 0. The number of carbonyl (C=O) groups is 1. The summed E-state index contributed by atoms with van der Waals surface area (Å²) in [4.78, 5) is 15.9. The Morgan fingerprint density at radius 3 is 2.86 bits per heavy atom. The zero-order chi connectivity index (χ0) is 9.68. The molecule has 0 fully saturated rings. The van der Waals surface area contributed by atoms with E-state index in [1.54, 1.807) is 6.20 Å². The first-order valence-corrected chi connectivity index (χ1v) is 3.69. The fourth-order valence-corrected chi connectivity index (χ4v) is 0.821. The van der Waals surface area contributed by atoms with Gasteiger partial charge in [0, 0.05) is 13.1 Å². The molecule has 0 unspecified atom stereocenters. The van der Waals surface area contributed by atoms with Crippen LogP contribution in [-0.2, 0) is 4.79 Å². The minimum Gasteiger partial charge on any atom is -0.481 e. The molecule has 0 spiro atoms. The standard InChI is InChI=1S/C7H5N2.C2H4O2.Na/c1-2-6-3-5-9-7(6)8-4-1;1-2(3)4;/h1-4H,(H,8,9);1H3,(H,3,4);/q-1;;+1. The maximum Gasteiger partial charge on any atom is 1.00 e. The summed E-state index contributed by atoms with van der Waals surface area (Å²) in [6.45, 7) is 1.08. The van der Waals surface area contributed by atoms with Gasteiger partial charge in [0.15, 0.2) is 0 Å². The summed E-state index contributed by atoms with van der Waals surface area (Å²) in [6.07, 6.45) is 4.61. The number of carboxylic acid groups (broad SMARTS) is 1. The quantitative estimate of drug-likeness (QED) is 0.400. The van der Waals surface area contributed by atoms with Gasteiger partial charge in [-0.1, -0.05) is 6.07 Å². The minimum atomic E-state index is -0.833. The van der Waals surface area contributed by atoms with Crippen molar-refractivity contribution in [2.24, 2.45) is 0 Å². The van der Waals surface area contributed by atoms with Crippen LogP contribution in [0.3, 0.4) is 0 Å². The van der Waals surface area contributed by atoms with E-state index in [-0.39, 0.29) is 29.6 Å². The first-order valence-electron chi connectivity index (χ1n) is 3.69. The SMILES string of the molecule is CC(=O)O.[Na+].[c-]1cc2cccnc2[nH]1. The third-order valence-electron chi connectivity index (χ3n) is 1.26. The van der Waals surface area contributed by atoms with E-state index in [1.165, 1.54) is 0 Å². The van der Waals surface area contributed by atoms with Crippen LogP contribution in [0.25, 0.3) is 11.0 Å². The number of aromatic amines is 1. The number of aliphatic carboxylic acids is 1. The molecule has 4 nitrogen and oxygen atoms in total. The monoisotopic (exact) mass is 200 g/mol. The zero-order valence-corrected chi connectivity index (χ0v) is 10.1. The van der Waals surface area contributed by atoms with Crippen molar-refractivity contribution < 1.29 is 39.5 Å². The number of rotatable bonds is 0. The van der Waals surface area contributed by atoms with Gasteiger partial charge in [0.1, 0.15) is 0 Å². The topological polar surface area (TPSA) is 66.0 Å². The van der Waals surface area contributed by atoms with Crippen molar-refractivity contribution >= 4 is 17.0 Å². The molecule has 2 aromatic heterocycles. The van der Waals surface area contributed by atoms with E-state index in [4.69, 9.17) is 9.90 Å². The van der Waals surface area contributed by atoms with Crippen molar-refractivity contribution in [2.45, 2.75) is 6.92 Å². The van der Waals surface area contributed by atoms with E-state index in [2.05, 4.69) is 16.2 Å². The average molecular weight is 200 g/mol. The van der Waals surface area contributed by atoms with Crippen LogP contribution in [0.1, 0.15) is 6.92 Å². The molecule has 0 saturated heterocycles. The second-order valence-corrected chi connectivity index (χ2v) is 2.37. The Kier molecular flexibility index (Phi) is 6.19. The Bertz CT molecular complexity index is 366. The molecule has 0 bridgehead atoms. The van der Waals surface area contributed by atoms with Crippen LogP contribution in [0.2, 0.25) is 0 Å². The Balaban J connectivity index is 0.000000299. The average Bonchev–Trinajstić information content (AvgIpc) is 2.49. The van der Waals surface area contributed by atoms with Crippen LogP contribution in [0.4, 0.5) is 0 Å². The number of fused-ring (bicyclic) bond motifs is 1. The van der Waals surface area contributed by atoms with Crippen molar-refractivity contribution in [3.8, 4) is 0 Å².